The number of hydrogen-bond acceptors (Lipinski definition) is 6. The highest BCUT2D eigenvalue weighted by atomic mass is 16.5. The molecule has 262 valence electrons. The number of phenolic OH excluding ortho intramolecular Hbond substituents is 2. The molecule has 0 bridgehead atoms. The third-order valence-electron chi connectivity index (χ3n) is 11.2. The Hall–Kier alpha value is -6.92. The summed E-state index contributed by atoms with van der Waals surface area (Å²) in [6.45, 7) is 0. The summed E-state index contributed by atoms with van der Waals surface area (Å²) >= 11 is 0. The highest BCUT2D eigenvalue weighted by Gasteiger charge is 2.26. The lowest BCUT2D eigenvalue weighted by Gasteiger charge is -2.21. The Morgan fingerprint density at radius 3 is 1.07 bits per heavy atom. The monoisotopic (exact) mass is 706 g/mol. The molecule has 0 saturated carbocycles. The Balaban J connectivity index is 1.42. The van der Waals surface area contributed by atoms with Crippen molar-refractivity contribution in [2.24, 2.45) is 0 Å². The molecule has 10 aromatic carbocycles. The Morgan fingerprint density at radius 1 is 0.315 bits per heavy atom. The highest BCUT2D eigenvalue weighted by molar-refractivity contribution is 6.33. The third kappa shape index (κ3) is 4.28. The maximum atomic E-state index is 12.7. The summed E-state index contributed by atoms with van der Waals surface area (Å²) in [7, 11) is 6.53. The number of rotatable bonds is 5. The average molecular weight is 707 g/mol. The second kappa shape index (κ2) is 11.8. The lowest BCUT2D eigenvalue weighted by atomic mass is 9.87. The largest absolute Gasteiger partial charge is 0.507 e. The quantitative estimate of drug-likeness (QED) is 0.174. The molecule has 0 aliphatic carbocycles. The van der Waals surface area contributed by atoms with E-state index in [1.165, 1.54) is 0 Å². The average Bonchev–Trinajstić information content (AvgIpc) is 3.22. The molecule has 0 heterocycles. The molecule has 0 atom stereocenters. The van der Waals surface area contributed by atoms with Gasteiger partial charge in [-0.05, 0) is 79.5 Å². The van der Waals surface area contributed by atoms with E-state index in [1.54, 1.807) is 40.6 Å². The summed E-state index contributed by atoms with van der Waals surface area (Å²) in [4.78, 5) is 0. The Kier molecular flexibility index (Phi) is 6.95. The lowest BCUT2D eigenvalue weighted by Crippen LogP contribution is -1.96. The predicted molar refractivity (Wildman–Crippen MR) is 221 cm³/mol. The Morgan fingerprint density at radius 2 is 0.667 bits per heavy atom. The number of benzene rings is 10. The molecule has 0 amide bonds. The van der Waals surface area contributed by atoms with Crippen LogP contribution in [0.4, 0.5) is 0 Å². The van der Waals surface area contributed by atoms with Crippen LogP contribution < -0.4 is 18.9 Å². The fraction of sp³-hybridized carbons (Fsp3) is 0.0833. The van der Waals surface area contributed by atoms with E-state index in [0.717, 1.165) is 64.6 Å². The summed E-state index contributed by atoms with van der Waals surface area (Å²) < 4.78 is 24.1. The van der Waals surface area contributed by atoms with Gasteiger partial charge in [-0.1, -0.05) is 84.9 Å². The third-order valence-corrected chi connectivity index (χ3v) is 11.2. The van der Waals surface area contributed by atoms with E-state index < -0.39 is 0 Å². The maximum Gasteiger partial charge on any atom is 0.132 e. The first-order valence-corrected chi connectivity index (χ1v) is 17.8. The number of fused-ring (bicyclic) bond motifs is 14. The van der Waals surface area contributed by atoms with Crippen LogP contribution >= 0.6 is 0 Å². The molecule has 0 aliphatic heterocycles. The van der Waals surface area contributed by atoms with Crippen LogP contribution in [-0.4, -0.2) is 38.7 Å². The van der Waals surface area contributed by atoms with Crippen molar-refractivity contribution in [2.75, 3.05) is 28.4 Å². The van der Waals surface area contributed by atoms with Gasteiger partial charge in [0.1, 0.15) is 34.5 Å². The highest BCUT2D eigenvalue weighted by Crippen LogP contribution is 2.54. The molecular formula is C48H34O6. The van der Waals surface area contributed by atoms with Crippen molar-refractivity contribution < 1.29 is 29.2 Å². The second-order valence-corrected chi connectivity index (χ2v) is 13.7. The maximum absolute atomic E-state index is 12.7. The molecule has 54 heavy (non-hydrogen) atoms. The van der Waals surface area contributed by atoms with E-state index in [1.807, 2.05) is 48.5 Å². The van der Waals surface area contributed by atoms with Gasteiger partial charge < -0.3 is 29.2 Å². The molecule has 0 aromatic heterocycles. The van der Waals surface area contributed by atoms with Crippen LogP contribution in [-0.2, 0) is 0 Å². The topological polar surface area (TPSA) is 77.4 Å². The van der Waals surface area contributed by atoms with Crippen molar-refractivity contribution in [1.82, 2.24) is 0 Å². The van der Waals surface area contributed by atoms with Gasteiger partial charge in [0, 0.05) is 54.2 Å². The van der Waals surface area contributed by atoms with E-state index in [-0.39, 0.29) is 11.5 Å². The summed E-state index contributed by atoms with van der Waals surface area (Å²) in [5.74, 6) is 2.36. The van der Waals surface area contributed by atoms with Crippen molar-refractivity contribution in [3.63, 3.8) is 0 Å². The summed E-state index contributed by atoms with van der Waals surface area (Å²) in [6.07, 6.45) is 0. The molecule has 6 nitrogen and oxygen atoms in total. The molecule has 0 fully saturated rings. The van der Waals surface area contributed by atoms with Crippen molar-refractivity contribution >= 4 is 86.2 Å². The minimum Gasteiger partial charge on any atom is -0.507 e. The van der Waals surface area contributed by atoms with Gasteiger partial charge in [-0.2, -0.15) is 0 Å². The molecule has 0 radical (unpaired) electrons. The first-order valence-electron chi connectivity index (χ1n) is 17.8. The first-order chi connectivity index (χ1) is 26.4. The van der Waals surface area contributed by atoms with Crippen LogP contribution in [0.25, 0.3) is 97.3 Å². The van der Waals surface area contributed by atoms with E-state index in [2.05, 4.69) is 60.7 Å². The number of methoxy groups -OCH3 is 4. The van der Waals surface area contributed by atoms with Gasteiger partial charge in [-0.25, -0.2) is 0 Å². The number of aromatic hydroxyl groups is 2. The fourth-order valence-corrected chi connectivity index (χ4v) is 8.75. The van der Waals surface area contributed by atoms with E-state index in [4.69, 9.17) is 18.9 Å². The standard InChI is InChI=1S/C48H34O6/c1-51-37-23-35-39(53-3)21-33(47(49)45(35)43-31(37)19-17-27-15-13-25-9-5-7-11-29(25)41(27)43)34-22-40(54-4)36-24-38(52-2)32-20-18-28-16-14-26-10-6-8-12-30(26)42(28)44(32)46(36)48(34)50/h5-24,49-50H,1-4H3. The molecule has 0 unspecified atom stereocenters. The zero-order valence-corrected chi connectivity index (χ0v) is 30.1. The molecule has 10 rings (SSSR count). The van der Waals surface area contributed by atoms with Crippen LogP contribution in [0.3, 0.4) is 0 Å². The number of phenols is 2. The molecule has 0 spiro atoms. The molecule has 2 N–H and O–H groups in total. The van der Waals surface area contributed by atoms with Gasteiger partial charge in [-0.15, -0.1) is 0 Å². The molecular weight excluding hydrogens is 673 g/mol. The van der Waals surface area contributed by atoms with Crippen molar-refractivity contribution in [1.29, 1.82) is 0 Å². The van der Waals surface area contributed by atoms with Crippen molar-refractivity contribution in [3.8, 4) is 45.6 Å². The van der Waals surface area contributed by atoms with E-state index >= 15 is 0 Å². The normalized spacial score (nSPS) is 11.9. The zero-order chi connectivity index (χ0) is 36.8. The summed E-state index contributed by atoms with van der Waals surface area (Å²) in [5.41, 5.74) is 0.796. The Labute approximate surface area is 309 Å². The number of ether oxygens (including phenoxy) is 4. The van der Waals surface area contributed by atoms with E-state index in [9.17, 15) is 10.2 Å². The molecule has 10 aromatic rings. The summed E-state index contributed by atoms with van der Waals surface area (Å²) in [6, 6.07) is 40.6. The zero-order valence-electron chi connectivity index (χ0n) is 30.1. The SMILES string of the molecule is COc1cc(-c2cc(OC)c3cc(OC)c4ccc5ccc6ccccc6c5c4c3c2O)c(O)c2c1cc(OC)c1ccc3ccc4ccccc4c3c12. The van der Waals surface area contributed by atoms with Gasteiger partial charge in [0.15, 0.2) is 0 Å². The van der Waals surface area contributed by atoms with Gasteiger partial charge in [0.2, 0.25) is 0 Å². The van der Waals surface area contributed by atoms with Gasteiger partial charge in [0.25, 0.3) is 0 Å². The van der Waals surface area contributed by atoms with Gasteiger partial charge >= 0.3 is 0 Å². The fourth-order valence-electron chi connectivity index (χ4n) is 8.75. The smallest absolute Gasteiger partial charge is 0.132 e. The van der Waals surface area contributed by atoms with Crippen LogP contribution in [0.2, 0.25) is 0 Å². The van der Waals surface area contributed by atoms with Gasteiger partial charge in [0.05, 0.1) is 28.4 Å². The van der Waals surface area contributed by atoms with Crippen LogP contribution in [0.1, 0.15) is 0 Å². The van der Waals surface area contributed by atoms with Crippen LogP contribution in [0.15, 0.2) is 121 Å². The molecule has 6 heteroatoms. The van der Waals surface area contributed by atoms with Crippen LogP contribution in [0, 0.1) is 0 Å². The Bertz CT molecular complexity index is 3020. The van der Waals surface area contributed by atoms with Crippen molar-refractivity contribution in [2.45, 2.75) is 0 Å². The number of hydrogen-bond donors (Lipinski definition) is 2. The minimum atomic E-state index is 0.00344. The predicted octanol–water partition coefficient (Wildman–Crippen LogP) is 12.0. The lowest BCUT2D eigenvalue weighted by molar-refractivity contribution is 0.413. The summed E-state index contributed by atoms with van der Waals surface area (Å²) in [5, 5.41) is 39.6. The molecule has 0 saturated heterocycles. The second-order valence-electron chi connectivity index (χ2n) is 13.7. The van der Waals surface area contributed by atoms with E-state index in [0.29, 0.717) is 55.7 Å². The molecule has 0 aliphatic rings. The minimum absolute atomic E-state index is 0.00344. The van der Waals surface area contributed by atoms with Gasteiger partial charge in [-0.3, -0.25) is 0 Å². The van der Waals surface area contributed by atoms with Crippen molar-refractivity contribution in [3.05, 3.63) is 121 Å². The first kappa shape index (κ1) is 31.8. The van der Waals surface area contributed by atoms with Crippen LogP contribution in [0.5, 0.6) is 34.5 Å².